The Morgan fingerprint density at radius 2 is 1.94 bits per heavy atom. The minimum absolute atomic E-state index is 0.484. The minimum Gasteiger partial charge on any atom is -0.388 e. The van der Waals surface area contributed by atoms with E-state index in [1.54, 1.807) is 12.4 Å². The van der Waals surface area contributed by atoms with Gasteiger partial charge in [0, 0.05) is 26.9 Å². The van der Waals surface area contributed by atoms with Gasteiger partial charge in [-0.3, -0.25) is 4.98 Å². The van der Waals surface area contributed by atoms with E-state index >= 15 is 0 Å². The van der Waals surface area contributed by atoms with Gasteiger partial charge >= 0.3 is 0 Å². The van der Waals surface area contributed by atoms with Crippen LogP contribution in [0.4, 0.5) is 0 Å². The van der Waals surface area contributed by atoms with Crippen LogP contribution in [0.2, 0.25) is 0 Å². The number of hydrogen-bond donors (Lipinski definition) is 1. The van der Waals surface area contributed by atoms with Crippen LogP contribution in [0.5, 0.6) is 0 Å². The molecule has 17 heavy (non-hydrogen) atoms. The van der Waals surface area contributed by atoms with E-state index in [9.17, 15) is 5.11 Å². The van der Waals surface area contributed by atoms with Crippen molar-refractivity contribution >= 4 is 38.5 Å². The molecule has 4 heteroatoms. The zero-order valence-electron chi connectivity index (χ0n) is 8.98. The lowest BCUT2D eigenvalue weighted by atomic mass is 10.0. The molecule has 0 fully saturated rings. The smallest absolute Gasteiger partial charge is 0.0840 e. The number of aliphatic hydroxyl groups is 1. The van der Waals surface area contributed by atoms with Crippen molar-refractivity contribution in [3.05, 3.63) is 61.9 Å². The summed E-state index contributed by atoms with van der Waals surface area (Å²) in [6.07, 6.45) is 3.61. The van der Waals surface area contributed by atoms with Crippen molar-refractivity contribution in [1.82, 2.24) is 4.98 Å². The van der Waals surface area contributed by atoms with Gasteiger partial charge in [-0.15, -0.1) is 0 Å². The lowest BCUT2D eigenvalue weighted by Gasteiger charge is -2.13. The fraction of sp³-hybridized carbons (Fsp3) is 0.154. The van der Waals surface area contributed by atoms with Crippen LogP contribution in [0, 0.1) is 3.57 Å². The molecule has 1 atom stereocenters. The van der Waals surface area contributed by atoms with E-state index in [0.29, 0.717) is 6.42 Å². The van der Waals surface area contributed by atoms with Crippen molar-refractivity contribution in [2.24, 2.45) is 0 Å². The average Bonchev–Trinajstić information content (AvgIpc) is 2.33. The molecule has 0 saturated carbocycles. The molecule has 2 aromatic rings. The van der Waals surface area contributed by atoms with E-state index in [1.807, 2.05) is 30.3 Å². The second kappa shape index (κ2) is 5.93. The Morgan fingerprint density at radius 3 is 2.65 bits per heavy atom. The zero-order valence-corrected chi connectivity index (χ0v) is 12.7. The summed E-state index contributed by atoms with van der Waals surface area (Å²) in [5, 5.41) is 10.2. The average molecular weight is 404 g/mol. The standard InChI is InChI=1S/C13H11BrINO/c14-10-1-2-12(15)11(8-10)13(17)7-9-3-5-16-6-4-9/h1-6,8,13,17H,7H2. The molecule has 0 aliphatic heterocycles. The predicted molar refractivity (Wildman–Crippen MR) is 79.8 cm³/mol. The van der Waals surface area contributed by atoms with Crippen LogP contribution in [0.25, 0.3) is 0 Å². The molecule has 0 bridgehead atoms. The van der Waals surface area contributed by atoms with Gasteiger partial charge in [0.1, 0.15) is 0 Å². The number of halogens is 2. The van der Waals surface area contributed by atoms with Gasteiger partial charge in [-0.2, -0.15) is 0 Å². The van der Waals surface area contributed by atoms with Gasteiger partial charge in [0.2, 0.25) is 0 Å². The highest BCUT2D eigenvalue weighted by atomic mass is 127. The third-order valence-corrected chi connectivity index (χ3v) is 3.97. The van der Waals surface area contributed by atoms with E-state index in [-0.39, 0.29) is 0 Å². The SMILES string of the molecule is OC(Cc1ccncc1)c1cc(Br)ccc1I. The van der Waals surface area contributed by atoms with E-state index in [1.165, 1.54) is 0 Å². The van der Waals surface area contributed by atoms with Crippen molar-refractivity contribution in [1.29, 1.82) is 0 Å². The molecule has 0 aliphatic rings. The number of hydrogen-bond acceptors (Lipinski definition) is 2. The third-order valence-electron chi connectivity index (χ3n) is 2.50. The number of aromatic nitrogens is 1. The minimum atomic E-state index is -0.484. The monoisotopic (exact) mass is 403 g/mol. The number of nitrogens with zero attached hydrogens (tertiary/aromatic N) is 1. The van der Waals surface area contributed by atoms with Gasteiger partial charge in [0.25, 0.3) is 0 Å². The Labute approximate surface area is 122 Å². The Morgan fingerprint density at radius 1 is 1.24 bits per heavy atom. The largest absolute Gasteiger partial charge is 0.388 e. The zero-order chi connectivity index (χ0) is 12.3. The van der Waals surface area contributed by atoms with Crippen LogP contribution in [0.3, 0.4) is 0 Å². The van der Waals surface area contributed by atoms with Gasteiger partial charge in [-0.25, -0.2) is 0 Å². The molecular weight excluding hydrogens is 393 g/mol. The van der Waals surface area contributed by atoms with Crippen molar-refractivity contribution in [2.45, 2.75) is 12.5 Å². The Balaban J connectivity index is 2.20. The normalized spacial score (nSPS) is 12.4. The van der Waals surface area contributed by atoms with Gasteiger partial charge < -0.3 is 5.11 Å². The molecule has 1 aromatic carbocycles. The highest BCUT2D eigenvalue weighted by Gasteiger charge is 2.12. The van der Waals surface area contributed by atoms with Gasteiger partial charge in [0.15, 0.2) is 0 Å². The van der Waals surface area contributed by atoms with Crippen molar-refractivity contribution < 1.29 is 5.11 Å². The van der Waals surface area contributed by atoms with E-state index in [2.05, 4.69) is 43.5 Å². The molecule has 2 nitrogen and oxygen atoms in total. The summed E-state index contributed by atoms with van der Waals surface area (Å²) >= 11 is 5.67. The predicted octanol–water partition coefficient (Wildman–Crippen LogP) is 3.72. The maximum atomic E-state index is 10.2. The molecule has 2 rings (SSSR count). The van der Waals surface area contributed by atoms with Crippen LogP contribution >= 0.6 is 38.5 Å². The van der Waals surface area contributed by atoms with Gasteiger partial charge in [-0.05, 0) is 64.0 Å². The number of aliphatic hydroxyl groups excluding tert-OH is 1. The molecule has 0 aliphatic carbocycles. The van der Waals surface area contributed by atoms with E-state index in [4.69, 9.17) is 0 Å². The molecule has 88 valence electrons. The first-order valence-corrected chi connectivity index (χ1v) is 7.06. The number of pyridine rings is 1. The fourth-order valence-electron chi connectivity index (χ4n) is 1.62. The molecule has 1 aromatic heterocycles. The first-order valence-electron chi connectivity index (χ1n) is 5.19. The summed E-state index contributed by atoms with van der Waals surface area (Å²) in [5.41, 5.74) is 2.04. The Bertz CT molecular complexity index is 504. The molecule has 1 N–H and O–H groups in total. The summed E-state index contributed by atoms with van der Waals surface area (Å²) in [5.74, 6) is 0. The lowest BCUT2D eigenvalue weighted by Crippen LogP contribution is -2.04. The summed E-state index contributed by atoms with van der Waals surface area (Å²) in [7, 11) is 0. The van der Waals surface area contributed by atoms with E-state index < -0.39 is 6.10 Å². The van der Waals surface area contributed by atoms with Crippen LogP contribution in [0.1, 0.15) is 17.2 Å². The third kappa shape index (κ3) is 3.50. The fourth-order valence-corrected chi connectivity index (χ4v) is 2.70. The summed E-state index contributed by atoms with van der Waals surface area (Å²) in [6, 6.07) is 9.79. The number of benzene rings is 1. The first-order chi connectivity index (χ1) is 8.16. The second-order valence-corrected chi connectivity index (χ2v) is 5.82. The molecule has 1 heterocycles. The number of rotatable bonds is 3. The van der Waals surface area contributed by atoms with Crippen LogP contribution < -0.4 is 0 Å². The van der Waals surface area contributed by atoms with Crippen molar-refractivity contribution in [2.75, 3.05) is 0 Å². The molecule has 0 radical (unpaired) electrons. The lowest BCUT2D eigenvalue weighted by molar-refractivity contribution is 0.177. The maximum absolute atomic E-state index is 10.2. The van der Waals surface area contributed by atoms with Crippen LogP contribution in [-0.4, -0.2) is 10.1 Å². The summed E-state index contributed by atoms with van der Waals surface area (Å²) in [4.78, 5) is 3.97. The summed E-state index contributed by atoms with van der Waals surface area (Å²) < 4.78 is 2.06. The van der Waals surface area contributed by atoms with Gasteiger partial charge in [-0.1, -0.05) is 15.9 Å². The quantitative estimate of drug-likeness (QED) is 0.792. The molecule has 1 unspecified atom stereocenters. The second-order valence-electron chi connectivity index (χ2n) is 3.74. The molecule has 0 amide bonds. The van der Waals surface area contributed by atoms with Crippen molar-refractivity contribution in [3.8, 4) is 0 Å². The Kier molecular flexibility index (Phi) is 4.53. The first kappa shape index (κ1) is 13.0. The van der Waals surface area contributed by atoms with Crippen molar-refractivity contribution in [3.63, 3.8) is 0 Å². The molecular formula is C13H11BrINO. The summed E-state index contributed by atoms with van der Waals surface area (Å²) in [6.45, 7) is 0. The Hall–Kier alpha value is -0.460. The van der Waals surface area contributed by atoms with Crippen LogP contribution in [0.15, 0.2) is 47.2 Å². The van der Waals surface area contributed by atoms with Gasteiger partial charge in [0.05, 0.1) is 6.10 Å². The topological polar surface area (TPSA) is 33.1 Å². The van der Waals surface area contributed by atoms with E-state index in [0.717, 1.165) is 19.2 Å². The maximum Gasteiger partial charge on any atom is 0.0840 e. The molecule has 0 saturated heterocycles. The molecule has 0 spiro atoms. The highest BCUT2D eigenvalue weighted by molar-refractivity contribution is 14.1. The van der Waals surface area contributed by atoms with Crippen LogP contribution in [-0.2, 0) is 6.42 Å². The highest BCUT2D eigenvalue weighted by Crippen LogP contribution is 2.26.